The van der Waals surface area contributed by atoms with Gasteiger partial charge in [-0.1, -0.05) is 12.1 Å². The fourth-order valence-electron chi connectivity index (χ4n) is 2.52. The average molecular weight is 288 g/mol. The first-order valence-electron chi connectivity index (χ1n) is 6.66. The number of hydrogen-bond donors (Lipinski definition) is 2. The van der Waals surface area contributed by atoms with E-state index in [4.69, 9.17) is 0 Å². The Bertz CT molecular complexity index is 702. The molecule has 5 heteroatoms. The molecule has 0 fully saturated rings. The summed E-state index contributed by atoms with van der Waals surface area (Å²) in [5.74, 6) is -0.960. The maximum absolute atomic E-state index is 13.4. The molecule has 21 heavy (non-hydrogen) atoms. The molecule has 108 valence electrons. The van der Waals surface area contributed by atoms with Gasteiger partial charge in [-0.2, -0.15) is 0 Å². The molecule has 0 radical (unpaired) electrons. The van der Waals surface area contributed by atoms with Crippen LogP contribution in [0.3, 0.4) is 0 Å². The zero-order valence-electron chi connectivity index (χ0n) is 11.4. The van der Waals surface area contributed by atoms with E-state index in [2.05, 4.69) is 10.6 Å². The van der Waals surface area contributed by atoms with E-state index in [1.807, 2.05) is 6.92 Å². The zero-order chi connectivity index (χ0) is 15.0. The van der Waals surface area contributed by atoms with Crippen LogP contribution in [0.25, 0.3) is 0 Å². The van der Waals surface area contributed by atoms with Crippen LogP contribution in [0.15, 0.2) is 42.5 Å². The van der Waals surface area contributed by atoms with Crippen LogP contribution in [-0.2, 0) is 4.79 Å². The van der Waals surface area contributed by atoms with Crippen molar-refractivity contribution in [2.45, 2.75) is 19.0 Å². The third kappa shape index (κ3) is 2.64. The molecule has 2 aromatic carbocycles. The van der Waals surface area contributed by atoms with Crippen LogP contribution < -0.4 is 10.6 Å². The summed E-state index contributed by atoms with van der Waals surface area (Å²) in [6.07, 6.45) is 0. The number of benzene rings is 2. The number of rotatable bonds is 3. The van der Waals surface area contributed by atoms with Gasteiger partial charge >= 0.3 is 0 Å². The summed E-state index contributed by atoms with van der Waals surface area (Å²) in [4.78, 5) is 12.0. The highest BCUT2D eigenvalue weighted by Crippen LogP contribution is 2.33. The Balaban J connectivity index is 1.85. The number of carbonyl (C=O) groups excluding carboxylic acids is 1. The van der Waals surface area contributed by atoms with E-state index in [0.29, 0.717) is 11.3 Å². The van der Waals surface area contributed by atoms with E-state index >= 15 is 0 Å². The van der Waals surface area contributed by atoms with Crippen LogP contribution in [0.5, 0.6) is 0 Å². The quantitative estimate of drug-likeness (QED) is 0.909. The lowest BCUT2D eigenvalue weighted by Gasteiger charge is -2.19. The molecule has 1 aliphatic rings. The lowest BCUT2D eigenvalue weighted by molar-refractivity contribution is -0.117. The van der Waals surface area contributed by atoms with Crippen molar-refractivity contribution in [2.24, 2.45) is 0 Å². The first kappa shape index (κ1) is 13.7. The predicted molar refractivity (Wildman–Crippen MR) is 75.7 cm³/mol. The number of halogens is 2. The largest absolute Gasteiger partial charge is 0.324 e. The predicted octanol–water partition coefficient (Wildman–Crippen LogP) is 3.31. The van der Waals surface area contributed by atoms with Crippen molar-refractivity contribution in [3.05, 3.63) is 65.2 Å². The minimum absolute atomic E-state index is 0.237. The average Bonchev–Trinajstić information content (AvgIpc) is 2.75. The van der Waals surface area contributed by atoms with Gasteiger partial charge in [0, 0.05) is 17.3 Å². The number of nitrogens with one attached hydrogen (secondary N) is 2. The molecule has 0 bridgehead atoms. The van der Waals surface area contributed by atoms with Crippen molar-refractivity contribution in [1.82, 2.24) is 5.32 Å². The summed E-state index contributed by atoms with van der Waals surface area (Å²) in [6, 6.07) is 9.46. The Morgan fingerprint density at radius 1 is 1.14 bits per heavy atom. The van der Waals surface area contributed by atoms with Crippen LogP contribution in [0.4, 0.5) is 14.5 Å². The van der Waals surface area contributed by atoms with E-state index in [1.165, 1.54) is 30.3 Å². The van der Waals surface area contributed by atoms with Gasteiger partial charge in [-0.05, 0) is 42.8 Å². The van der Waals surface area contributed by atoms with Gasteiger partial charge in [-0.25, -0.2) is 8.78 Å². The minimum atomic E-state index is -0.644. The highest BCUT2D eigenvalue weighted by atomic mass is 19.1. The first-order chi connectivity index (χ1) is 10.0. The molecule has 0 aliphatic carbocycles. The Hall–Kier alpha value is -2.27. The fourth-order valence-corrected chi connectivity index (χ4v) is 2.52. The third-order valence-electron chi connectivity index (χ3n) is 3.61. The number of fused-ring (bicyclic) bond motifs is 1. The van der Waals surface area contributed by atoms with Crippen molar-refractivity contribution in [3.63, 3.8) is 0 Å². The standard InChI is InChI=1S/C16H14F2N2O/c1-9(10-3-2-4-11(17)7-10)19-15-13-8-12(18)5-6-14(13)20-16(15)21/h2-9,15,19H,1H3,(H,20,21). The second-order valence-electron chi connectivity index (χ2n) is 5.10. The Kier molecular flexibility index (Phi) is 3.43. The van der Waals surface area contributed by atoms with Crippen molar-refractivity contribution in [2.75, 3.05) is 5.32 Å². The van der Waals surface area contributed by atoms with Gasteiger partial charge in [0.15, 0.2) is 0 Å². The molecule has 0 saturated carbocycles. The molecule has 2 aromatic rings. The van der Waals surface area contributed by atoms with Gasteiger partial charge in [-0.15, -0.1) is 0 Å². The minimum Gasteiger partial charge on any atom is -0.324 e. The normalized spacial score (nSPS) is 18.2. The number of anilines is 1. The van der Waals surface area contributed by atoms with Crippen molar-refractivity contribution in [3.8, 4) is 0 Å². The summed E-state index contributed by atoms with van der Waals surface area (Å²) < 4.78 is 26.6. The summed E-state index contributed by atoms with van der Waals surface area (Å²) in [5.41, 5.74) is 1.90. The molecule has 0 saturated heterocycles. The smallest absolute Gasteiger partial charge is 0.246 e. The second-order valence-corrected chi connectivity index (χ2v) is 5.10. The summed E-state index contributed by atoms with van der Waals surface area (Å²) in [6.45, 7) is 1.83. The Morgan fingerprint density at radius 2 is 1.90 bits per heavy atom. The molecule has 2 unspecified atom stereocenters. The number of carbonyl (C=O) groups is 1. The fraction of sp³-hybridized carbons (Fsp3) is 0.188. The zero-order valence-corrected chi connectivity index (χ0v) is 11.4. The molecule has 3 rings (SSSR count). The molecule has 3 nitrogen and oxygen atoms in total. The second kappa shape index (κ2) is 5.26. The monoisotopic (exact) mass is 288 g/mol. The molecule has 1 heterocycles. The van der Waals surface area contributed by atoms with Gasteiger partial charge in [0.1, 0.15) is 17.7 Å². The molecule has 2 atom stereocenters. The molecular weight excluding hydrogens is 274 g/mol. The third-order valence-corrected chi connectivity index (χ3v) is 3.61. The highest BCUT2D eigenvalue weighted by molar-refractivity contribution is 6.02. The van der Waals surface area contributed by atoms with Gasteiger partial charge < -0.3 is 5.32 Å². The Labute approximate surface area is 121 Å². The van der Waals surface area contributed by atoms with Crippen LogP contribution >= 0.6 is 0 Å². The lowest BCUT2D eigenvalue weighted by Crippen LogP contribution is -2.29. The molecular formula is C16H14F2N2O. The number of hydrogen-bond acceptors (Lipinski definition) is 2. The summed E-state index contributed by atoms with van der Waals surface area (Å²) >= 11 is 0. The SMILES string of the molecule is CC(NC1C(=O)Nc2ccc(F)cc21)c1cccc(F)c1. The molecule has 0 aromatic heterocycles. The van der Waals surface area contributed by atoms with Crippen molar-refractivity contribution >= 4 is 11.6 Å². The van der Waals surface area contributed by atoms with Crippen LogP contribution in [0.1, 0.15) is 30.1 Å². The molecule has 2 N–H and O–H groups in total. The van der Waals surface area contributed by atoms with Crippen molar-refractivity contribution in [1.29, 1.82) is 0 Å². The van der Waals surface area contributed by atoms with E-state index in [9.17, 15) is 13.6 Å². The van der Waals surface area contributed by atoms with Gasteiger partial charge in [-0.3, -0.25) is 10.1 Å². The van der Waals surface area contributed by atoms with Crippen LogP contribution in [0, 0.1) is 11.6 Å². The summed E-state index contributed by atoms with van der Waals surface area (Å²) in [7, 11) is 0. The first-order valence-corrected chi connectivity index (χ1v) is 6.66. The van der Waals surface area contributed by atoms with Gasteiger partial charge in [0.05, 0.1) is 0 Å². The maximum Gasteiger partial charge on any atom is 0.246 e. The van der Waals surface area contributed by atoms with Crippen LogP contribution in [0.2, 0.25) is 0 Å². The lowest BCUT2D eigenvalue weighted by atomic mass is 10.0. The Morgan fingerprint density at radius 3 is 2.67 bits per heavy atom. The molecule has 1 aliphatic heterocycles. The van der Waals surface area contributed by atoms with Crippen LogP contribution in [-0.4, -0.2) is 5.91 Å². The van der Waals surface area contributed by atoms with E-state index in [0.717, 1.165) is 5.56 Å². The molecule has 0 spiro atoms. The topological polar surface area (TPSA) is 41.1 Å². The summed E-state index contributed by atoms with van der Waals surface area (Å²) in [5, 5.41) is 5.81. The van der Waals surface area contributed by atoms with E-state index in [-0.39, 0.29) is 17.8 Å². The van der Waals surface area contributed by atoms with E-state index in [1.54, 1.807) is 12.1 Å². The maximum atomic E-state index is 13.4. The highest BCUT2D eigenvalue weighted by Gasteiger charge is 2.31. The van der Waals surface area contributed by atoms with Crippen molar-refractivity contribution < 1.29 is 13.6 Å². The van der Waals surface area contributed by atoms with Gasteiger partial charge in [0.2, 0.25) is 5.91 Å². The van der Waals surface area contributed by atoms with Gasteiger partial charge in [0.25, 0.3) is 0 Å². The molecule has 1 amide bonds. The van der Waals surface area contributed by atoms with E-state index < -0.39 is 11.9 Å². The number of amides is 1.